The summed E-state index contributed by atoms with van der Waals surface area (Å²) in [7, 11) is 0. The first-order chi connectivity index (χ1) is 12.7. The molecule has 1 aliphatic rings. The van der Waals surface area contributed by atoms with E-state index >= 15 is 0 Å². The third-order valence-corrected chi connectivity index (χ3v) is 5.49. The molecule has 0 radical (unpaired) electrons. The number of hydrogen-bond donors (Lipinski definition) is 1. The van der Waals surface area contributed by atoms with Crippen molar-refractivity contribution in [2.24, 2.45) is 0 Å². The van der Waals surface area contributed by atoms with Crippen molar-refractivity contribution in [1.82, 2.24) is 14.5 Å². The SMILES string of the molecule is N#Cc1ccc2c(c1)[nH]c(=O)n2C1CCN(Cc2ccccc2Cl)CC1. The lowest BCUT2D eigenvalue weighted by Gasteiger charge is -2.32. The van der Waals surface area contributed by atoms with Gasteiger partial charge in [-0.05, 0) is 42.7 Å². The molecule has 1 N–H and O–H groups in total. The van der Waals surface area contributed by atoms with Crippen LogP contribution in [0.1, 0.15) is 30.0 Å². The van der Waals surface area contributed by atoms with Gasteiger partial charge in [-0.2, -0.15) is 5.26 Å². The number of hydrogen-bond acceptors (Lipinski definition) is 3. The monoisotopic (exact) mass is 366 g/mol. The average Bonchev–Trinajstić information content (AvgIpc) is 2.99. The van der Waals surface area contributed by atoms with Gasteiger partial charge in [-0.25, -0.2) is 4.79 Å². The smallest absolute Gasteiger partial charge is 0.305 e. The summed E-state index contributed by atoms with van der Waals surface area (Å²) in [5.41, 5.74) is 3.20. The molecule has 4 rings (SSSR count). The summed E-state index contributed by atoms with van der Waals surface area (Å²) in [5.74, 6) is 0. The summed E-state index contributed by atoms with van der Waals surface area (Å²) < 4.78 is 1.85. The van der Waals surface area contributed by atoms with E-state index in [4.69, 9.17) is 16.9 Å². The van der Waals surface area contributed by atoms with Crippen LogP contribution >= 0.6 is 11.6 Å². The van der Waals surface area contributed by atoms with Gasteiger partial charge in [-0.15, -0.1) is 0 Å². The van der Waals surface area contributed by atoms with Crippen LogP contribution in [0.5, 0.6) is 0 Å². The largest absolute Gasteiger partial charge is 0.326 e. The molecule has 2 aromatic carbocycles. The van der Waals surface area contributed by atoms with E-state index in [0.29, 0.717) is 5.56 Å². The van der Waals surface area contributed by atoms with Crippen molar-refractivity contribution in [3.63, 3.8) is 0 Å². The van der Waals surface area contributed by atoms with Crippen molar-refractivity contribution in [1.29, 1.82) is 5.26 Å². The number of fused-ring (bicyclic) bond motifs is 1. The number of imidazole rings is 1. The molecule has 1 saturated heterocycles. The second-order valence-corrected chi connectivity index (χ2v) is 7.15. The summed E-state index contributed by atoms with van der Waals surface area (Å²) in [4.78, 5) is 17.7. The fourth-order valence-electron chi connectivity index (χ4n) is 3.77. The maximum atomic E-state index is 12.4. The van der Waals surface area contributed by atoms with E-state index in [9.17, 15) is 4.79 Å². The minimum absolute atomic E-state index is 0.0976. The summed E-state index contributed by atoms with van der Waals surface area (Å²) in [6.45, 7) is 2.68. The average molecular weight is 367 g/mol. The Labute approximate surface area is 156 Å². The van der Waals surface area contributed by atoms with E-state index in [-0.39, 0.29) is 11.7 Å². The van der Waals surface area contributed by atoms with Crippen molar-refractivity contribution >= 4 is 22.6 Å². The van der Waals surface area contributed by atoms with E-state index in [1.54, 1.807) is 12.1 Å². The van der Waals surface area contributed by atoms with E-state index in [2.05, 4.69) is 22.0 Å². The molecule has 3 aromatic rings. The van der Waals surface area contributed by atoms with Crippen LogP contribution in [0.4, 0.5) is 0 Å². The summed E-state index contributed by atoms with van der Waals surface area (Å²) in [6, 6.07) is 15.6. The zero-order chi connectivity index (χ0) is 18.1. The number of nitriles is 1. The molecule has 1 fully saturated rings. The van der Waals surface area contributed by atoms with E-state index < -0.39 is 0 Å². The first-order valence-electron chi connectivity index (χ1n) is 8.76. The summed E-state index contributed by atoms with van der Waals surface area (Å²) >= 11 is 6.27. The van der Waals surface area contributed by atoms with Gasteiger partial charge in [0.2, 0.25) is 0 Å². The van der Waals surface area contributed by atoms with Gasteiger partial charge in [0.05, 0.1) is 22.7 Å². The molecule has 2 heterocycles. The lowest BCUT2D eigenvalue weighted by molar-refractivity contribution is 0.180. The fourth-order valence-corrected chi connectivity index (χ4v) is 3.96. The van der Waals surface area contributed by atoms with Crippen LogP contribution in [-0.2, 0) is 6.54 Å². The van der Waals surface area contributed by atoms with Crippen molar-refractivity contribution in [3.8, 4) is 6.07 Å². The Hall–Kier alpha value is -2.55. The van der Waals surface area contributed by atoms with E-state index in [1.807, 2.05) is 28.8 Å². The van der Waals surface area contributed by atoms with E-state index in [0.717, 1.165) is 54.1 Å². The third kappa shape index (κ3) is 3.14. The zero-order valence-corrected chi connectivity index (χ0v) is 15.0. The minimum Gasteiger partial charge on any atom is -0.305 e. The standard InChI is InChI=1S/C20H19ClN4O/c21-17-4-2-1-3-15(17)13-24-9-7-16(8-10-24)25-19-6-5-14(12-22)11-18(19)23-20(25)26/h1-6,11,16H,7-10,13H2,(H,23,26). The highest BCUT2D eigenvalue weighted by Gasteiger charge is 2.24. The number of nitrogens with one attached hydrogen (secondary N) is 1. The number of benzene rings is 2. The summed E-state index contributed by atoms with van der Waals surface area (Å²) in [6.07, 6.45) is 1.83. The second kappa shape index (κ2) is 6.99. The Bertz CT molecular complexity index is 1040. The van der Waals surface area contributed by atoms with Gasteiger partial charge in [0.25, 0.3) is 0 Å². The Balaban J connectivity index is 1.51. The molecule has 1 aliphatic heterocycles. The first kappa shape index (κ1) is 16.9. The van der Waals surface area contributed by atoms with Crippen LogP contribution in [0.15, 0.2) is 47.3 Å². The number of likely N-dealkylation sites (tertiary alicyclic amines) is 1. The van der Waals surface area contributed by atoms with Gasteiger partial charge in [-0.3, -0.25) is 9.47 Å². The van der Waals surface area contributed by atoms with Crippen molar-refractivity contribution in [3.05, 3.63) is 69.1 Å². The molecule has 0 spiro atoms. The molecule has 132 valence electrons. The first-order valence-corrected chi connectivity index (χ1v) is 9.13. The predicted octanol–water partition coefficient (Wildman–Crippen LogP) is 3.69. The number of H-pyrrole nitrogens is 1. The van der Waals surface area contributed by atoms with Crippen molar-refractivity contribution < 1.29 is 0 Å². The molecule has 0 amide bonds. The molecule has 5 nitrogen and oxygen atoms in total. The Morgan fingerprint density at radius 2 is 1.96 bits per heavy atom. The topological polar surface area (TPSA) is 64.8 Å². The predicted molar refractivity (Wildman–Crippen MR) is 102 cm³/mol. The number of halogens is 1. The van der Waals surface area contributed by atoms with E-state index in [1.165, 1.54) is 0 Å². The molecular weight excluding hydrogens is 348 g/mol. The Morgan fingerprint density at radius 1 is 1.19 bits per heavy atom. The number of rotatable bonds is 3. The lowest BCUT2D eigenvalue weighted by atomic mass is 10.0. The maximum absolute atomic E-state index is 12.4. The molecule has 0 aliphatic carbocycles. The molecule has 0 atom stereocenters. The van der Waals surface area contributed by atoms with Crippen LogP contribution in [0, 0.1) is 11.3 Å². The molecule has 26 heavy (non-hydrogen) atoms. The maximum Gasteiger partial charge on any atom is 0.326 e. The van der Waals surface area contributed by atoms with Gasteiger partial charge in [0.1, 0.15) is 0 Å². The highest BCUT2D eigenvalue weighted by Crippen LogP contribution is 2.27. The molecule has 0 unspecified atom stereocenters. The number of piperidine rings is 1. The van der Waals surface area contributed by atoms with Crippen LogP contribution in [0.3, 0.4) is 0 Å². The van der Waals surface area contributed by atoms with Gasteiger partial charge >= 0.3 is 5.69 Å². The van der Waals surface area contributed by atoms with Crippen LogP contribution in [0.25, 0.3) is 11.0 Å². The third-order valence-electron chi connectivity index (χ3n) is 5.12. The number of aromatic nitrogens is 2. The molecule has 6 heteroatoms. The Morgan fingerprint density at radius 3 is 2.69 bits per heavy atom. The van der Waals surface area contributed by atoms with Gasteiger partial charge in [-0.1, -0.05) is 29.8 Å². The quantitative estimate of drug-likeness (QED) is 0.768. The lowest BCUT2D eigenvalue weighted by Crippen LogP contribution is -2.36. The second-order valence-electron chi connectivity index (χ2n) is 6.74. The zero-order valence-electron chi connectivity index (χ0n) is 14.3. The number of aromatic amines is 1. The van der Waals surface area contributed by atoms with Crippen molar-refractivity contribution in [2.75, 3.05) is 13.1 Å². The molecule has 1 aromatic heterocycles. The molecular formula is C20H19ClN4O. The Kier molecular flexibility index (Phi) is 4.54. The van der Waals surface area contributed by atoms with Crippen LogP contribution in [-0.4, -0.2) is 27.5 Å². The minimum atomic E-state index is -0.0976. The number of nitrogens with zero attached hydrogens (tertiary/aromatic N) is 3. The highest BCUT2D eigenvalue weighted by molar-refractivity contribution is 6.31. The molecule has 0 bridgehead atoms. The normalized spacial score (nSPS) is 16.0. The summed E-state index contributed by atoms with van der Waals surface area (Å²) in [5, 5.41) is 9.83. The highest BCUT2D eigenvalue weighted by atomic mass is 35.5. The van der Waals surface area contributed by atoms with Gasteiger partial charge in [0.15, 0.2) is 0 Å². The molecule has 0 saturated carbocycles. The van der Waals surface area contributed by atoms with Crippen LogP contribution in [0.2, 0.25) is 5.02 Å². The van der Waals surface area contributed by atoms with Crippen molar-refractivity contribution in [2.45, 2.75) is 25.4 Å². The van der Waals surface area contributed by atoms with Crippen LogP contribution < -0.4 is 5.69 Å². The van der Waals surface area contributed by atoms with Gasteiger partial charge < -0.3 is 4.98 Å². The fraction of sp³-hybridized carbons (Fsp3) is 0.300. The van der Waals surface area contributed by atoms with Gasteiger partial charge in [0, 0.05) is 30.7 Å².